The number of methoxy groups -OCH3 is 1. The van der Waals surface area contributed by atoms with E-state index in [0.717, 1.165) is 25.7 Å². The van der Waals surface area contributed by atoms with Crippen molar-refractivity contribution in [2.45, 2.75) is 63.5 Å². The van der Waals surface area contributed by atoms with Crippen LogP contribution in [-0.4, -0.2) is 18.8 Å². The predicted molar refractivity (Wildman–Crippen MR) is 55.7 cm³/mol. The highest BCUT2D eigenvalue weighted by Crippen LogP contribution is 2.34. The Balaban J connectivity index is 2.55. The van der Waals surface area contributed by atoms with Crippen LogP contribution in [0.3, 0.4) is 0 Å². The molecule has 1 rings (SSSR count). The molecule has 0 aromatic carbocycles. The van der Waals surface area contributed by atoms with Gasteiger partial charge in [-0.15, -0.1) is 0 Å². The lowest BCUT2D eigenvalue weighted by molar-refractivity contribution is -0.0602. The van der Waals surface area contributed by atoms with E-state index < -0.39 is 0 Å². The SMILES string of the molecule is CCC[C@@H](N)C1(OC)CCCCC1. The van der Waals surface area contributed by atoms with Crippen LogP contribution in [0.15, 0.2) is 0 Å². The second kappa shape index (κ2) is 4.97. The molecule has 78 valence electrons. The molecular weight excluding hydrogens is 162 g/mol. The van der Waals surface area contributed by atoms with E-state index in [9.17, 15) is 0 Å². The van der Waals surface area contributed by atoms with Crippen molar-refractivity contribution in [1.82, 2.24) is 0 Å². The highest BCUT2D eigenvalue weighted by Gasteiger charge is 2.37. The van der Waals surface area contributed by atoms with Crippen molar-refractivity contribution >= 4 is 0 Å². The van der Waals surface area contributed by atoms with Crippen LogP contribution < -0.4 is 5.73 Å². The maximum atomic E-state index is 6.18. The minimum atomic E-state index is 0.00819. The second-order valence-electron chi connectivity index (χ2n) is 4.22. The van der Waals surface area contributed by atoms with Crippen LogP contribution >= 0.6 is 0 Å². The third-order valence-electron chi connectivity index (χ3n) is 3.38. The summed E-state index contributed by atoms with van der Waals surface area (Å²) >= 11 is 0. The van der Waals surface area contributed by atoms with Crippen LogP contribution in [0.1, 0.15) is 51.9 Å². The molecule has 1 fully saturated rings. The Morgan fingerprint density at radius 3 is 2.38 bits per heavy atom. The summed E-state index contributed by atoms with van der Waals surface area (Å²) in [5.41, 5.74) is 6.19. The Bertz CT molecular complexity index is 141. The van der Waals surface area contributed by atoms with Crippen LogP contribution in [0.4, 0.5) is 0 Å². The average molecular weight is 185 g/mol. The first-order valence-electron chi connectivity index (χ1n) is 5.56. The third kappa shape index (κ3) is 2.44. The molecule has 1 saturated carbocycles. The van der Waals surface area contributed by atoms with E-state index in [0.29, 0.717) is 0 Å². The van der Waals surface area contributed by atoms with Gasteiger partial charge in [-0.05, 0) is 19.3 Å². The zero-order chi connectivity index (χ0) is 9.73. The monoisotopic (exact) mass is 185 g/mol. The molecule has 0 heterocycles. The van der Waals surface area contributed by atoms with Gasteiger partial charge in [-0.1, -0.05) is 32.6 Å². The van der Waals surface area contributed by atoms with Crippen molar-refractivity contribution in [2.24, 2.45) is 5.73 Å². The summed E-state index contributed by atoms with van der Waals surface area (Å²) in [4.78, 5) is 0. The summed E-state index contributed by atoms with van der Waals surface area (Å²) in [5, 5.41) is 0. The summed E-state index contributed by atoms with van der Waals surface area (Å²) in [6.45, 7) is 2.19. The molecule has 0 aliphatic heterocycles. The van der Waals surface area contributed by atoms with E-state index in [1.807, 2.05) is 7.11 Å². The summed E-state index contributed by atoms with van der Waals surface area (Å²) in [5.74, 6) is 0. The average Bonchev–Trinajstić information content (AvgIpc) is 2.19. The number of rotatable bonds is 4. The summed E-state index contributed by atoms with van der Waals surface area (Å²) in [6, 6.07) is 0.239. The molecular formula is C11H23NO. The fourth-order valence-corrected chi connectivity index (χ4v) is 2.45. The Kier molecular flexibility index (Phi) is 4.20. The normalized spacial score (nSPS) is 24.2. The van der Waals surface area contributed by atoms with Gasteiger partial charge in [0.05, 0.1) is 5.60 Å². The minimum Gasteiger partial charge on any atom is -0.377 e. The minimum absolute atomic E-state index is 0.00819. The van der Waals surface area contributed by atoms with Crippen molar-refractivity contribution in [3.63, 3.8) is 0 Å². The van der Waals surface area contributed by atoms with Crippen molar-refractivity contribution in [3.05, 3.63) is 0 Å². The smallest absolute Gasteiger partial charge is 0.0828 e. The summed E-state index contributed by atoms with van der Waals surface area (Å²) in [7, 11) is 1.82. The molecule has 0 radical (unpaired) electrons. The quantitative estimate of drug-likeness (QED) is 0.730. The number of hydrogen-bond donors (Lipinski definition) is 1. The van der Waals surface area contributed by atoms with Gasteiger partial charge in [-0.25, -0.2) is 0 Å². The zero-order valence-electron chi connectivity index (χ0n) is 9.01. The Labute approximate surface area is 81.8 Å². The molecule has 1 aliphatic rings. The highest BCUT2D eigenvalue weighted by atomic mass is 16.5. The molecule has 13 heavy (non-hydrogen) atoms. The first-order valence-corrected chi connectivity index (χ1v) is 5.56. The van der Waals surface area contributed by atoms with Gasteiger partial charge in [0.25, 0.3) is 0 Å². The Morgan fingerprint density at radius 1 is 1.31 bits per heavy atom. The molecule has 2 N–H and O–H groups in total. The van der Waals surface area contributed by atoms with Gasteiger partial charge in [0.15, 0.2) is 0 Å². The first-order chi connectivity index (χ1) is 6.25. The molecule has 0 amide bonds. The number of ether oxygens (including phenoxy) is 1. The number of hydrogen-bond acceptors (Lipinski definition) is 2. The van der Waals surface area contributed by atoms with Gasteiger partial charge in [-0.2, -0.15) is 0 Å². The fourth-order valence-electron chi connectivity index (χ4n) is 2.45. The van der Waals surface area contributed by atoms with Crippen molar-refractivity contribution in [1.29, 1.82) is 0 Å². The second-order valence-corrected chi connectivity index (χ2v) is 4.22. The van der Waals surface area contributed by atoms with Gasteiger partial charge in [-0.3, -0.25) is 0 Å². The molecule has 1 atom stereocenters. The molecule has 0 saturated heterocycles. The largest absolute Gasteiger partial charge is 0.377 e. The van der Waals surface area contributed by atoms with Gasteiger partial charge in [0.1, 0.15) is 0 Å². The van der Waals surface area contributed by atoms with Crippen molar-refractivity contribution in [2.75, 3.05) is 7.11 Å². The third-order valence-corrected chi connectivity index (χ3v) is 3.38. The van der Waals surface area contributed by atoms with Crippen LogP contribution in [0.5, 0.6) is 0 Å². The fraction of sp³-hybridized carbons (Fsp3) is 1.00. The molecule has 0 bridgehead atoms. The molecule has 0 spiro atoms. The van der Waals surface area contributed by atoms with E-state index in [1.54, 1.807) is 0 Å². The molecule has 2 heteroatoms. The summed E-state index contributed by atoms with van der Waals surface area (Å²) in [6.07, 6.45) is 8.48. The summed E-state index contributed by atoms with van der Waals surface area (Å²) < 4.78 is 5.67. The lowest BCUT2D eigenvalue weighted by Crippen LogP contribution is -2.50. The molecule has 0 aromatic heterocycles. The molecule has 0 unspecified atom stereocenters. The molecule has 2 nitrogen and oxygen atoms in total. The van der Waals surface area contributed by atoms with Gasteiger partial charge >= 0.3 is 0 Å². The standard InChI is InChI=1S/C11H23NO/c1-3-7-10(12)11(13-2)8-5-4-6-9-11/h10H,3-9,12H2,1-2H3/t10-/m1/s1. The Morgan fingerprint density at radius 2 is 1.92 bits per heavy atom. The Hall–Kier alpha value is -0.0800. The van der Waals surface area contributed by atoms with Crippen molar-refractivity contribution < 1.29 is 4.74 Å². The maximum absolute atomic E-state index is 6.18. The van der Waals surface area contributed by atoms with Gasteiger partial charge in [0, 0.05) is 13.2 Å². The van der Waals surface area contributed by atoms with E-state index in [-0.39, 0.29) is 11.6 Å². The van der Waals surface area contributed by atoms with Crippen LogP contribution in [0, 0.1) is 0 Å². The topological polar surface area (TPSA) is 35.2 Å². The van der Waals surface area contributed by atoms with Crippen LogP contribution in [-0.2, 0) is 4.74 Å². The maximum Gasteiger partial charge on any atom is 0.0828 e. The number of nitrogens with two attached hydrogens (primary N) is 1. The van der Waals surface area contributed by atoms with E-state index in [1.165, 1.54) is 19.3 Å². The van der Waals surface area contributed by atoms with Gasteiger partial charge < -0.3 is 10.5 Å². The molecule has 1 aliphatic carbocycles. The van der Waals surface area contributed by atoms with Crippen molar-refractivity contribution in [3.8, 4) is 0 Å². The highest BCUT2D eigenvalue weighted by molar-refractivity contribution is 4.93. The first kappa shape index (κ1) is 11.0. The van der Waals surface area contributed by atoms with Crippen LogP contribution in [0.2, 0.25) is 0 Å². The van der Waals surface area contributed by atoms with E-state index in [4.69, 9.17) is 10.5 Å². The lowest BCUT2D eigenvalue weighted by Gasteiger charge is -2.40. The van der Waals surface area contributed by atoms with E-state index >= 15 is 0 Å². The zero-order valence-corrected chi connectivity index (χ0v) is 9.01. The molecule has 0 aromatic rings. The van der Waals surface area contributed by atoms with E-state index in [2.05, 4.69) is 6.92 Å². The lowest BCUT2D eigenvalue weighted by atomic mass is 9.78. The predicted octanol–water partition coefficient (Wildman–Crippen LogP) is 2.46. The van der Waals surface area contributed by atoms with Crippen LogP contribution in [0.25, 0.3) is 0 Å². The van der Waals surface area contributed by atoms with Gasteiger partial charge in [0.2, 0.25) is 0 Å².